The molecule has 3 rings (SSSR count). The van der Waals surface area contributed by atoms with E-state index in [2.05, 4.69) is 16.0 Å². The van der Waals surface area contributed by atoms with E-state index in [4.69, 9.17) is 10.00 Å². The zero-order valence-corrected chi connectivity index (χ0v) is 12.4. The van der Waals surface area contributed by atoms with Gasteiger partial charge in [0, 0.05) is 28.7 Å². The first-order chi connectivity index (χ1) is 10.7. The third kappa shape index (κ3) is 2.57. The Hall–Kier alpha value is -3.06. The summed E-state index contributed by atoms with van der Waals surface area (Å²) in [4.78, 5) is 7.66. The number of hydrogen-bond acceptors (Lipinski definition) is 3. The van der Waals surface area contributed by atoms with Crippen LogP contribution in [0.3, 0.4) is 0 Å². The molecule has 0 bridgehead atoms. The van der Waals surface area contributed by atoms with Gasteiger partial charge in [0.2, 0.25) is 0 Å². The van der Waals surface area contributed by atoms with Gasteiger partial charge in [-0.05, 0) is 49.4 Å². The van der Waals surface area contributed by atoms with E-state index in [9.17, 15) is 0 Å². The van der Waals surface area contributed by atoms with E-state index in [1.165, 1.54) is 0 Å². The Bertz CT molecular complexity index is 842. The van der Waals surface area contributed by atoms with Gasteiger partial charge in [0.1, 0.15) is 11.8 Å². The minimum absolute atomic E-state index is 0.665. The highest BCUT2D eigenvalue weighted by Crippen LogP contribution is 2.26. The molecule has 3 aromatic rings. The second kappa shape index (κ2) is 5.74. The van der Waals surface area contributed by atoms with Crippen molar-refractivity contribution < 1.29 is 4.74 Å². The van der Waals surface area contributed by atoms with Gasteiger partial charge in [-0.3, -0.25) is 4.98 Å². The van der Waals surface area contributed by atoms with Gasteiger partial charge in [-0.15, -0.1) is 0 Å². The Labute approximate surface area is 129 Å². The highest BCUT2D eigenvalue weighted by atomic mass is 16.5. The Morgan fingerprint density at radius 1 is 1.09 bits per heavy atom. The van der Waals surface area contributed by atoms with Gasteiger partial charge >= 0.3 is 0 Å². The second-order valence-electron chi connectivity index (χ2n) is 4.99. The first-order valence-corrected chi connectivity index (χ1v) is 6.92. The van der Waals surface area contributed by atoms with Crippen molar-refractivity contribution in [3.8, 4) is 34.3 Å². The fourth-order valence-electron chi connectivity index (χ4n) is 2.35. The van der Waals surface area contributed by atoms with Crippen LogP contribution in [0.4, 0.5) is 0 Å². The van der Waals surface area contributed by atoms with Crippen molar-refractivity contribution in [3.63, 3.8) is 0 Å². The van der Waals surface area contributed by atoms with Gasteiger partial charge in [-0.25, -0.2) is 0 Å². The van der Waals surface area contributed by atoms with Gasteiger partial charge in [0.25, 0.3) is 0 Å². The third-order valence-electron chi connectivity index (χ3n) is 3.59. The summed E-state index contributed by atoms with van der Waals surface area (Å²) in [6.07, 6.45) is 1.77. The molecule has 0 saturated heterocycles. The molecule has 0 aliphatic carbocycles. The van der Waals surface area contributed by atoms with Crippen molar-refractivity contribution in [1.82, 2.24) is 9.97 Å². The average molecular weight is 289 g/mol. The van der Waals surface area contributed by atoms with Gasteiger partial charge < -0.3 is 9.72 Å². The largest absolute Gasteiger partial charge is 0.497 e. The van der Waals surface area contributed by atoms with Gasteiger partial charge in [-0.1, -0.05) is 0 Å². The quantitative estimate of drug-likeness (QED) is 0.794. The number of nitrogens with one attached hydrogen (secondary N) is 1. The lowest BCUT2D eigenvalue weighted by molar-refractivity contribution is 0.415. The maximum atomic E-state index is 9.07. The number of nitriles is 1. The Balaban J connectivity index is 1.99. The number of hydrogen-bond donors (Lipinski definition) is 1. The van der Waals surface area contributed by atoms with Crippen molar-refractivity contribution in [2.45, 2.75) is 6.92 Å². The fourth-order valence-corrected chi connectivity index (χ4v) is 2.35. The lowest BCUT2D eigenvalue weighted by Gasteiger charge is -2.05. The molecule has 0 fully saturated rings. The molecule has 0 aliphatic heterocycles. The molecule has 4 nitrogen and oxygen atoms in total. The summed E-state index contributed by atoms with van der Waals surface area (Å²) in [5.74, 6) is 0.818. The van der Waals surface area contributed by atoms with Crippen molar-refractivity contribution in [1.29, 1.82) is 5.26 Å². The number of pyridine rings is 1. The summed E-state index contributed by atoms with van der Waals surface area (Å²) >= 11 is 0. The number of ether oxygens (including phenoxy) is 1. The molecule has 1 N–H and O–H groups in total. The zero-order chi connectivity index (χ0) is 15.5. The van der Waals surface area contributed by atoms with Crippen LogP contribution < -0.4 is 4.74 Å². The molecule has 0 saturated carbocycles. The van der Waals surface area contributed by atoms with E-state index in [1.807, 2.05) is 49.4 Å². The summed E-state index contributed by atoms with van der Waals surface area (Å²) in [7, 11) is 1.65. The number of H-pyrrole nitrogens is 1. The molecule has 0 atom stereocenters. The normalized spacial score (nSPS) is 10.2. The van der Waals surface area contributed by atoms with Crippen LogP contribution in [0.1, 0.15) is 11.3 Å². The van der Waals surface area contributed by atoms with Crippen LogP contribution in [-0.4, -0.2) is 17.1 Å². The number of aromatic nitrogens is 2. The average Bonchev–Trinajstić information content (AvgIpc) is 2.96. The highest BCUT2D eigenvalue weighted by molar-refractivity contribution is 5.70. The van der Waals surface area contributed by atoms with E-state index in [-0.39, 0.29) is 0 Å². The fraction of sp³-hybridized carbons (Fsp3) is 0.111. The van der Waals surface area contributed by atoms with Crippen LogP contribution in [-0.2, 0) is 0 Å². The maximum Gasteiger partial charge on any atom is 0.118 e. The first-order valence-electron chi connectivity index (χ1n) is 6.92. The lowest BCUT2D eigenvalue weighted by atomic mass is 10.1. The van der Waals surface area contributed by atoms with Crippen LogP contribution in [0.15, 0.2) is 48.7 Å². The van der Waals surface area contributed by atoms with E-state index in [1.54, 1.807) is 13.3 Å². The number of rotatable bonds is 3. The summed E-state index contributed by atoms with van der Waals surface area (Å²) in [5, 5.41) is 9.07. The number of benzene rings is 1. The molecule has 0 spiro atoms. The molecule has 4 heteroatoms. The molecule has 22 heavy (non-hydrogen) atoms. The summed E-state index contributed by atoms with van der Waals surface area (Å²) in [5.41, 5.74) is 5.37. The van der Waals surface area contributed by atoms with E-state index < -0.39 is 0 Å². The molecule has 0 radical (unpaired) electrons. The number of methoxy groups -OCH3 is 1. The summed E-state index contributed by atoms with van der Waals surface area (Å²) in [6.45, 7) is 1.90. The van der Waals surface area contributed by atoms with Crippen LogP contribution in [0.25, 0.3) is 22.5 Å². The van der Waals surface area contributed by atoms with Crippen molar-refractivity contribution >= 4 is 0 Å². The van der Waals surface area contributed by atoms with E-state index in [0.29, 0.717) is 5.56 Å². The van der Waals surface area contributed by atoms with Crippen LogP contribution in [0.2, 0.25) is 0 Å². The highest BCUT2D eigenvalue weighted by Gasteiger charge is 2.08. The summed E-state index contributed by atoms with van der Waals surface area (Å²) < 4.78 is 5.17. The lowest BCUT2D eigenvalue weighted by Crippen LogP contribution is -1.87. The van der Waals surface area contributed by atoms with E-state index >= 15 is 0 Å². The van der Waals surface area contributed by atoms with E-state index in [0.717, 1.165) is 34.0 Å². The molecule has 2 aromatic heterocycles. The molecule has 0 aliphatic rings. The van der Waals surface area contributed by atoms with Crippen molar-refractivity contribution in [3.05, 3.63) is 59.9 Å². The van der Waals surface area contributed by atoms with Crippen LogP contribution in [0, 0.1) is 18.3 Å². The topological polar surface area (TPSA) is 61.7 Å². The summed E-state index contributed by atoms with van der Waals surface area (Å²) in [6, 6.07) is 15.8. The Morgan fingerprint density at radius 3 is 2.50 bits per heavy atom. The zero-order valence-electron chi connectivity index (χ0n) is 12.4. The minimum Gasteiger partial charge on any atom is -0.497 e. The van der Waals surface area contributed by atoms with Crippen LogP contribution >= 0.6 is 0 Å². The molecule has 0 unspecified atom stereocenters. The third-order valence-corrected chi connectivity index (χ3v) is 3.59. The van der Waals surface area contributed by atoms with Gasteiger partial charge in [0.05, 0.1) is 18.4 Å². The number of nitrogens with zero attached hydrogens (tertiary/aromatic N) is 2. The first kappa shape index (κ1) is 13.9. The maximum absolute atomic E-state index is 9.07. The predicted molar refractivity (Wildman–Crippen MR) is 85.5 cm³/mol. The van der Waals surface area contributed by atoms with Crippen LogP contribution in [0.5, 0.6) is 5.75 Å². The SMILES string of the molecule is COc1ccc(-c2cc(-c3cc(C#N)c(C)[nH]3)ccn2)cc1. The van der Waals surface area contributed by atoms with Crippen molar-refractivity contribution in [2.75, 3.05) is 7.11 Å². The molecule has 1 aromatic carbocycles. The van der Waals surface area contributed by atoms with Gasteiger partial charge in [0.15, 0.2) is 0 Å². The molecule has 0 amide bonds. The molecule has 2 heterocycles. The standard InChI is InChI=1S/C18H15N3O/c1-12-15(11-19)10-18(21-12)14-7-8-20-17(9-14)13-3-5-16(22-2)6-4-13/h3-10,21H,1-2H3. The Morgan fingerprint density at radius 2 is 1.86 bits per heavy atom. The van der Waals surface area contributed by atoms with Gasteiger partial charge in [-0.2, -0.15) is 5.26 Å². The second-order valence-corrected chi connectivity index (χ2v) is 4.99. The monoisotopic (exact) mass is 289 g/mol. The number of aromatic amines is 1. The number of aryl methyl sites for hydroxylation is 1. The smallest absolute Gasteiger partial charge is 0.118 e. The molecule has 108 valence electrons. The minimum atomic E-state index is 0.665. The Kier molecular flexibility index (Phi) is 3.63. The van der Waals surface area contributed by atoms with Crippen molar-refractivity contribution in [2.24, 2.45) is 0 Å². The molecular formula is C18H15N3O. The predicted octanol–water partition coefficient (Wildman–Crippen LogP) is 3.93. The molecular weight excluding hydrogens is 274 g/mol.